The van der Waals surface area contributed by atoms with E-state index in [0.717, 1.165) is 17.6 Å². The molecule has 2 unspecified atom stereocenters. The van der Waals surface area contributed by atoms with E-state index in [1.165, 1.54) is 0 Å². The zero-order valence-electron chi connectivity index (χ0n) is 13.4. The molecule has 1 N–H and O–H groups in total. The third kappa shape index (κ3) is 3.02. The molecule has 0 bridgehead atoms. The summed E-state index contributed by atoms with van der Waals surface area (Å²) in [6, 6.07) is 7.56. The summed E-state index contributed by atoms with van der Waals surface area (Å²) in [6.45, 7) is 7.90. The molecular formula is C18H22BrNO2. The van der Waals surface area contributed by atoms with E-state index in [9.17, 15) is 9.59 Å². The molecule has 0 aliphatic heterocycles. The number of alkyl halides is 1. The summed E-state index contributed by atoms with van der Waals surface area (Å²) in [4.78, 5) is 24.8. The van der Waals surface area contributed by atoms with E-state index in [1.807, 2.05) is 38.1 Å². The molecule has 2 atom stereocenters. The first-order valence-electron chi connectivity index (χ1n) is 7.71. The monoisotopic (exact) mass is 363 g/mol. The fourth-order valence-corrected chi connectivity index (χ4v) is 3.33. The first-order chi connectivity index (χ1) is 10.4. The number of hydrogen-bond acceptors (Lipinski definition) is 2. The van der Waals surface area contributed by atoms with Crippen LogP contribution in [0.25, 0.3) is 5.57 Å². The number of carbonyl (C=O) groups excluding carboxylic acids is 2. The fourth-order valence-electron chi connectivity index (χ4n) is 2.48. The summed E-state index contributed by atoms with van der Waals surface area (Å²) in [7, 11) is 0. The van der Waals surface area contributed by atoms with Gasteiger partial charge in [0.2, 0.25) is 11.7 Å². The van der Waals surface area contributed by atoms with Crippen molar-refractivity contribution in [3.8, 4) is 0 Å². The molecule has 0 radical (unpaired) electrons. The number of allylic oxidation sites excluding steroid dienone is 2. The van der Waals surface area contributed by atoms with E-state index in [0.29, 0.717) is 17.2 Å². The standard InChI is InChI=1S/C18H22BrNO2/c1-5-11(4)15(19)14-12-8-6-7-9-13(12)17(21)16(14)20-18(22)10(2)3/h6-11,15H,5H2,1-4H3,(H,20,21,22). The molecule has 0 fully saturated rings. The van der Waals surface area contributed by atoms with Crippen molar-refractivity contribution < 1.29 is 9.59 Å². The fraction of sp³-hybridized carbons (Fsp3) is 0.444. The van der Waals surface area contributed by atoms with Gasteiger partial charge in [-0.2, -0.15) is 0 Å². The van der Waals surface area contributed by atoms with Gasteiger partial charge in [-0.3, -0.25) is 9.59 Å². The van der Waals surface area contributed by atoms with Crippen molar-refractivity contribution in [3.63, 3.8) is 0 Å². The number of nitrogens with one attached hydrogen (secondary N) is 1. The molecule has 0 heterocycles. The van der Waals surface area contributed by atoms with Crippen molar-refractivity contribution in [1.29, 1.82) is 0 Å². The molecule has 1 amide bonds. The van der Waals surface area contributed by atoms with Gasteiger partial charge in [-0.05, 0) is 11.5 Å². The van der Waals surface area contributed by atoms with Crippen molar-refractivity contribution in [1.82, 2.24) is 5.32 Å². The van der Waals surface area contributed by atoms with Gasteiger partial charge >= 0.3 is 0 Å². The molecule has 1 aliphatic rings. The first-order valence-corrected chi connectivity index (χ1v) is 8.63. The number of rotatable bonds is 5. The number of carbonyl (C=O) groups is 2. The Morgan fingerprint density at radius 3 is 2.32 bits per heavy atom. The molecule has 1 aromatic carbocycles. The molecule has 0 spiro atoms. The molecule has 1 aliphatic carbocycles. The van der Waals surface area contributed by atoms with Crippen LogP contribution in [0.15, 0.2) is 30.0 Å². The molecule has 2 rings (SSSR count). The van der Waals surface area contributed by atoms with Gasteiger partial charge in [-0.15, -0.1) is 0 Å². The molecule has 0 saturated carbocycles. The number of amides is 1. The van der Waals surface area contributed by atoms with E-state index < -0.39 is 0 Å². The average molecular weight is 364 g/mol. The minimum atomic E-state index is -0.164. The van der Waals surface area contributed by atoms with Crippen LogP contribution in [0, 0.1) is 11.8 Å². The van der Waals surface area contributed by atoms with Crippen LogP contribution in [-0.2, 0) is 4.79 Å². The van der Waals surface area contributed by atoms with Crippen LogP contribution in [0.2, 0.25) is 0 Å². The number of benzene rings is 1. The van der Waals surface area contributed by atoms with Gasteiger partial charge in [0, 0.05) is 21.9 Å². The summed E-state index contributed by atoms with van der Waals surface area (Å²) < 4.78 is 0. The molecule has 1 aromatic rings. The Hall–Kier alpha value is -1.42. The minimum absolute atomic E-state index is 0.0348. The van der Waals surface area contributed by atoms with Crippen LogP contribution in [0.5, 0.6) is 0 Å². The number of hydrogen-bond donors (Lipinski definition) is 1. The number of halogens is 1. The molecule has 4 heteroatoms. The number of ketones is 1. The van der Waals surface area contributed by atoms with Crippen molar-refractivity contribution in [2.24, 2.45) is 11.8 Å². The van der Waals surface area contributed by atoms with Gasteiger partial charge in [0.05, 0.1) is 5.70 Å². The van der Waals surface area contributed by atoms with Crippen molar-refractivity contribution >= 4 is 33.2 Å². The Kier molecular flexibility index (Phi) is 5.22. The molecule has 3 nitrogen and oxygen atoms in total. The predicted molar refractivity (Wildman–Crippen MR) is 92.8 cm³/mol. The van der Waals surface area contributed by atoms with E-state index in [4.69, 9.17) is 0 Å². The Morgan fingerprint density at radius 1 is 1.18 bits per heavy atom. The van der Waals surface area contributed by atoms with E-state index in [2.05, 4.69) is 35.1 Å². The summed E-state index contributed by atoms with van der Waals surface area (Å²) >= 11 is 3.73. The summed E-state index contributed by atoms with van der Waals surface area (Å²) in [6.07, 6.45) is 0.987. The summed E-state index contributed by atoms with van der Waals surface area (Å²) in [5, 5.41) is 2.85. The number of fused-ring (bicyclic) bond motifs is 1. The highest BCUT2D eigenvalue weighted by molar-refractivity contribution is 9.09. The lowest BCUT2D eigenvalue weighted by atomic mass is 9.94. The SMILES string of the molecule is CCC(C)C(Br)C1=C(NC(=O)C(C)C)C(=O)c2ccccc21. The maximum absolute atomic E-state index is 12.7. The van der Waals surface area contributed by atoms with Crippen molar-refractivity contribution in [2.45, 2.75) is 38.9 Å². The number of Topliss-reactive ketones (excluding diaryl/α,β-unsaturated/α-hetero) is 1. The van der Waals surface area contributed by atoms with Crippen LogP contribution >= 0.6 is 15.9 Å². The van der Waals surface area contributed by atoms with Crippen molar-refractivity contribution in [2.75, 3.05) is 0 Å². The lowest BCUT2D eigenvalue weighted by molar-refractivity contribution is -0.123. The highest BCUT2D eigenvalue weighted by Crippen LogP contribution is 2.40. The zero-order valence-corrected chi connectivity index (χ0v) is 15.0. The molecule has 22 heavy (non-hydrogen) atoms. The summed E-state index contributed by atoms with van der Waals surface area (Å²) in [5.41, 5.74) is 2.93. The van der Waals surface area contributed by atoms with Crippen LogP contribution in [0.1, 0.15) is 50.0 Å². The predicted octanol–water partition coefficient (Wildman–Crippen LogP) is 4.18. The van der Waals surface area contributed by atoms with Gasteiger partial charge in [0.15, 0.2) is 0 Å². The molecule has 118 valence electrons. The highest BCUT2D eigenvalue weighted by atomic mass is 79.9. The third-order valence-electron chi connectivity index (χ3n) is 4.15. The van der Waals surface area contributed by atoms with Crippen LogP contribution in [0.3, 0.4) is 0 Å². The lowest BCUT2D eigenvalue weighted by Gasteiger charge is -2.20. The lowest BCUT2D eigenvalue weighted by Crippen LogP contribution is -2.31. The molecular weight excluding hydrogens is 342 g/mol. The van der Waals surface area contributed by atoms with Gasteiger partial charge < -0.3 is 5.32 Å². The maximum Gasteiger partial charge on any atom is 0.227 e. The second kappa shape index (κ2) is 6.78. The average Bonchev–Trinajstić information content (AvgIpc) is 2.78. The maximum atomic E-state index is 12.7. The van der Waals surface area contributed by atoms with Crippen LogP contribution in [-0.4, -0.2) is 16.5 Å². The second-order valence-corrected chi connectivity index (χ2v) is 7.08. The van der Waals surface area contributed by atoms with E-state index in [1.54, 1.807) is 0 Å². The summed E-state index contributed by atoms with van der Waals surface area (Å²) in [5.74, 6) is -0.0209. The van der Waals surface area contributed by atoms with Gasteiger partial charge in [0.25, 0.3) is 0 Å². The normalized spacial score (nSPS) is 16.7. The van der Waals surface area contributed by atoms with Gasteiger partial charge in [-0.25, -0.2) is 0 Å². The molecule has 0 saturated heterocycles. The van der Waals surface area contributed by atoms with Crippen LogP contribution in [0.4, 0.5) is 0 Å². The van der Waals surface area contributed by atoms with E-state index >= 15 is 0 Å². The first kappa shape index (κ1) is 16.9. The molecule has 0 aromatic heterocycles. The third-order valence-corrected chi connectivity index (χ3v) is 5.51. The quantitative estimate of drug-likeness (QED) is 0.797. The van der Waals surface area contributed by atoms with Gasteiger partial charge in [-0.1, -0.05) is 74.3 Å². The van der Waals surface area contributed by atoms with Crippen LogP contribution < -0.4 is 5.32 Å². The Balaban J connectivity index is 2.52. The van der Waals surface area contributed by atoms with Gasteiger partial charge in [0.1, 0.15) is 0 Å². The smallest absolute Gasteiger partial charge is 0.227 e. The minimum Gasteiger partial charge on any atom is -0.322 e. The Morgan fingerprint density at radius 2 is 1.77 bits per heavy atom. The topological polar surface area (TPSA) is 46.2 Å². The zero-order chi connectivity index (χ0) is 16.4. The second-order valence-electron chi connectivity index (χ2n) is 6.09. The highest BCUT2D eigenvalue weighted by Gasteiger charge is 2.35. The largest absolute Gasteiger partial charge is 0.322 e. The van der Waals surface area contributed by atoms with Crippen molar-refractivity contribution in [3.05, 3.63) is 41.1 Å². The Bertz CT molecular complexity index is 634. The Labute approximate surface area is 140 Å². The van der Waals surface area contributed by atoms with E-state index in [-0.39, 0.29) is 22.4 Å².